The first-order valence-corrected chi connectivity index (χ1v) is 8.47. The molecule has 0 unspecified atom stereocenters. The van der Waals surface area contributed by atoms with Gasteiger partial charge in [0.2, 0.25) is 5.91 Å². The second kappa shape index (κ2) is 7.77. The van der Waals surface area contributed by atoms with Crippen LogP contribution in [-0.2, 0) is 4.79 Å². The lowest BCUT2D eigenvalue weighted by Crippen LogP contribution is -2.42. The quantitative estimate of drug-likeness (QED) is 0.843. The number of hydrogen-bond acceptors (Lipinski definition) is 2. The largest absolute Gasteiger partial charge is 0.273 e. The van der Waals surface area contributed by atoms with Gasteiger partial charge in [0.1, 0.15) is 0 Å². The van der Waals surface area contributed by atoms with Crippen LogP contribution in [0.3, 0.4) is 0 Å². The summed E-state index contributed by atoms with van der Waals surface area (Å²) >= 11 is 0. The van der Waals surface area contributed by atoms with Crippen LogP contribution in [0.4, 0.5) is 0 Å². The van der Waals surface area contributed by atoms with Crippen molar-refractivity contribution in [1.29, 1.82) is 0 Å². The van der Waals surface area contributed by atoms with Crippen LogP contribution < -0.4 is 10.9 Å². The minimum absolute atomic E-state index is 0.115. The summed E-state index contributed by atoms with van der Waals surface area (Å²) in [5.41, 5.74) is 7.69. The fourth-order valence-electron chi connectivity index (χ4n) is 3.17. The number of carbonyl (C=O) groups excluding carboxylic acids is 2. The van der Waals surface area contributed by atoms with Crippen molar-refractivity contribution >= 4 is 11.8 Å². The average Bonchev–Trinajstić information content (AvgIpc) is 3.13. The van der Waals surface area contributed by atoms with Crippen molar-refractivity contribution in [3.8, 4) is 11.1 Å². The van der Waals surface area contributed by atoms with E-state index in [4.69, 9.17) is 0 Å². The van der Waals surface area contributed by atoms with Gasteiger partial charge in [-0.15, -0.1) is 0 Å². The molecule has 24 heavy (non-hydrogen) atoms. The van der Waals surface area contributed by atoms with Crippen molar-refractivity contribution in [1.82, 2.24) is 10.9 Å². The fourth-order valence-corrected chi connectivity index (χ4v) is 3.17. The van der Waals surface area contributed by atoms with Gasteiger partial charge < -0.3 is 0 Å². The van der Waals surface area contributed by atoms with Gasteiger partial charge >= 0.3 is 0 Å². The SMILES string of the molecule is O=C(CC1CCCC1)NNC(=O)c1ccc(-c2ccccc2)cc1. The van der Waals surface area contributed by atoms with Crippen LogP contribution in [-0.4, -0.2) is 11.8 Å². The summed E-state index contributed by atoms with van der Waals surface area (Å²) < 4.78 is 0. The third-order valence-corrected chi connectivity index (χ3v) is 4.52. The lowest BCUT2D eigenvalue weighted by molar-refractivity contribution is -0.122. The summed E-state index contributed by atoms with van der Waals surface area (Å²) in [7, 11) is 0. The highest BCUT2D eigenvalue weighted by atomic mass is 16.2. The zero-order valence-corrected chi connectivity index (χ0v) is 13.6. The average molecular weight is 322 g/mol. The molecule has 2 N–H and O–H groups in total. The van der Waals surface area contributed by atoms with Gasteiger partial charge in [-0.3, -0.25) is 20.4 Å². The molecule has 0 spiro atoms. The molecular weight excluding hydrogens is 300 g/mol. The Kier molecular flexibility index (Phi) is 5.26. The number of hydrazine groups is 1. The van der Waals surface area contributed by atoms with E-state index in [0.717, 1.165) is 24.0 Å². The molecule has 1 aliphatic carbocycles. The zero-order valence-electron chi connectivity index (χ0n) is 13.6. The molecule has 4 heteroatoms. The smallest absolute Gasteiger partial charge is 0.269 e. The fraction of sp³-hybridized carbons (Fsp3) is 0.300. The number of rotatable bonds is 4. The number of nitrogens with one attached hydrogen (secondary N) is 2. The molecular formula is C20H22N2O2. The highest BCUT2D eigenvalue weighted by Crippen LogP contribution is 2.27. The molecule has 4 nitrogen and oxygen atoms in total. The van der Waals surface area contributed by atoms with E-state index in [9.17, 15) is 9.59 Å². The molecule has 1 fully saturated rings. The molecule has 1 aliphatic rings. The summed E-state index contributed by atoms with van der Waals surface area (Å²) in [6, 6.07) is 17.3. The second-order valence-electron chi connectivity index (χ2n) is 6.30. The standard InChI is InChI=1S/C20H22N2O2/c23-19(14-15-6-4-5-7-15)21-22-20(24)18-12-10-17(11-13-18)16-8-2-1-3-9-16/h1-3,8-13,15H,4-7,14H2,(H,21,23)(H,22,24). The third-order valence-electron chi connectivity index (χ3n) is 4.52. The van der Waals surface area contributed by atoms with Gasteiger partial charge in [0.25, 0.3) is 5.91 Å². The van der Waals surface area contributed by atoms with Crippen LogP contribution in [0, 0.1) is 5.92 Å². The number of carbonyl (C=O) groups is 2. The van der Waals surface area contributed by atoms with Crippen LogP contribution in [0.5, 0.6) is 0 Å². The normalized spacial score (nSPS) is 14.3. The summed E-state index contributed by atoms with van der Waals surface area (Å²) in [6.45, 7) is 0. The van der Waals surface area contributed by atoms with Crippen molar-refractivity contribution in [3.05, 3.63) is 60.2 Å². The van der Waals surface area contributed by atoms with Gasteiger partial charge in [-0.25, -0.2) is 0 Å². The Morgan fingerprint density at radius 3 is 2.12 bits per heavy atom. The molecule has 0 bridgehead atoms. The molecule has 3 rings (SSSR count). The number of hydrogen-bond donors (Lipinski definition) is 2. The molecule has 1 saturated carbocycles. The van der Waals surface area contributed by atoms with Gasteiger partial charge in [0.05, 0.1) is 0 Å². The minimum atomic E-state index is -0.297. The molecule has 0 saturated heterocycles. The van der Waals surface area contributed by atoms with Gasteiger partial charge in [0.15, 0.2) is 0 Å². The first-order valence-electron chi connectivity index (χ1n) is 8.47. The maximum Gasteiger partial charge on any atom is 0.269 e. The molecule has 0 radical (unpaired) electrons. The van der Waals surface area contributed by atoms with E-state index in [1.165, 1.54) is 12.8 Å². The molecule has 0 aromatic heterocycles. The molecule has 2 amide bonds. The van der Waals surface area contributed by atoms with E-state index in [2.05, 4.69) is 10.9 Å². The van der Waals surface area contributed by atoms with Crippen LogP contribution in [0.1, 0.15) is 42.5 Å². The molecule has 0 heterocycles. The lowest BCUT2D eigenvalue weighted by Gasteiger charge is -2.11. The van der Waals surface area contributed by atoms with E-state index in [0.29, 0.717) is 17.9 Å². The van der Waals surface area contributed by atoms with E-state index in [1.54, 1.807) is 12.1 Å². The topological polar surface area (TPSA) is 58.2 Å². The number of amides is 2. The highest BCUT2D eigenvalue weighted by molar-refractivity contribution is 5.95. The van der Waals surface area contributed by atoms with Crippen LogP contribution >= 0.6 is 0 Å². The van der Waals surface area contributed by atoms with Crippen LogP contribution in [0.2, 0.25) is 0 Å². The Morgan fingerprint density at radius 1 is 0.833 bits per heavy atom. The van der Waals surface area contributed by atoms with Gasteiger partial charge in [-0.05, 0) is 42.0 Å². The van der Waals surface area contributed by atoms with Gasteiger partial charge in [-0.1, -0.05) is 55.3 Å². The monoisotopic (exact) mass is 322 g/mol. The molecule has 2 aromatic carbocycles. The van der Waals surface area contributed by atoms with Crippen molar-refractivity contribution in [2.24, 2.45) is 5.92 Å². The lowest BCUT2D eigenvalue weighted by atomic mass is 10.0. The van der Waals surface area contributed by atoms with E-state index in [-0.39, 0.29) is 11.8 Å². The molecule has 2 aromatic rings. The third kappa shape index (κ3) is 4.22. The number of benzene rings is 2. The first-order chi connectivity index (χ1) is 11.7. The van der Waals surface area contributed by atoms with E-state index < -0.39 is 0 Å². The predicted octanol–water partition coefficient (Wildman–Crippen LogP) is 3.69. The summed E-state index contributed by atoms with van der Waals surface area (Å²) in [4.78, 5) is 24.0. The Morgan fingerprint density at radius 2 is 1.46 bits per heavy atom. The van der Waals surface area contributed by atoms with Gasteiger partial charge in [0, 0.05) is 12.0 Å². The second-order valence-corrected chi connectivity index (χ2v) is 6.30. The van der Waals surface area contributed by atoms with Crippen LogP contribution in [0.15, 0.2) is 54.6 Å². The Balaban J connectivity index is 1.52. The summed E-state index contributed by atoms with van der Waals surface area (Å²) in [6.07, 6.45) is 5.13. The Hall–Kier alpha value is -2.62. The minimum Gasteiger partial charge on any atom is -0.273 e. The van der Waals surface area contributed by atoms with Crippen molar-refractivity contribution in [2.75, 3.05) is 0 Å². The first kappa shape index (κ1) is 16.2. The zero-order chi connectivity index (χ0) is 16.8. The highest BCUT2D eigenvalue weighted by Gasteiger charge is 2.18. The van der Waals surface area contributed by atoms with Crippen LogP contribution in [0.25, 0.3) is 11.1 Å². The van der Waals surface area contributed by atoms with Crippen molar-refractivity contribution < 1.29 is 9.59 Å². The Labute approximate surface area is 142 Å². The predicted molar refractivity (Wildman–Crippen MR) is 94.1 cm³/mol. The summed E-state index contributed by atoms with van der Waals surface area (Å²) in [5.74, 6) is 0.0533. The van der Waals surface area contributed by atoms with E-state index in [1.807, 2.05) is 42.5 Å². The maximum atomic E-state index is 12.1. The van der Waals surface area contributed by atoms with Crippen molar-refractivity contribution in [3.63, 3.8) is 0 Å². The molecule has 0 atom stereocenters. The summed E-state index contributed by atoms with van der Waals surface area (Å²) in [5, 5.41) is 0. The Bertz CT molecular complexity index is 689. The van der Waals surface area contributed by atoms with Gasteiger partial charge in [-0.2, -0.15) is 0 Å². The molecule has 0 aliphatic heterocycles. The van der Waals surface area contributed by atoms with E-state index >= 15 is 0 Å². The maximum absolute atomic E-state index is 12.1. The van der Waals surface area contributed by atoms with Crippen molar-refractivity contribution in [2.45, 2.75) is 32.1 Å². The molecule has 124 valence electrons.